The molecule has 116 valence electrons. The monoisotopic (exact) mass is 309 g/mol. The lowest BCUT2D eigenvalue weighted by Gasteiger charge is -2.06. The van der Waals surface area contributed by atoms with Crippen LogP contribution < -0.4 is 4.74 Å². The molecule has 0 radical (unpaired) electrons. The van der Waals surface area contributed by atoms with E-state index in [9.17, 15) is 4.79 Å². The van der Waals surface area contributed by atoms with E-state index in [4.69, 9.17) is 9.84 Å². The standard InChI is InChI=1S/C17H15N3O3/c1-12(17(21)22)20-11-16(18-19-20)13-6-5-9-15(10-13)23-14-7-3-2-4-8-14/h2-12H,1H3,(H,21,22)/t12-/m1/s1. The zero-order chi connectivity index (χ0) is 16.2. The first-order chi connectivity index (χ1) is 11.1. The van der Waals surface area contributed by atoms with Crippen LogP contribution >= 0.6 is 0 Å². The fraction of sp³-hybridized carbons (Fsp3) is 0.118. The van der Waals surface area contributed by atoms with Crippen molar-refractivity contribution < 1.29 is 14.6 Å². The van der Waals surface area contributed by atoms with Crippen molar-refractivity contribution in [3.63, 3.8) is 0 Å². The summed E-state index contributed by atoms with van der Waals surface area (Å²) in [4.78, 5) is 11.0. The molecule has 0 unspecified atom stereocenters. The maximum absolute atomic E-state index is 11.0. The van der Waals surface area contributed by atoms with Crippen LogP contribution in [0.15, 0.2) is 60.8 Å². The molecule has 6 heteroatoms. The van der Waals surface area contributed by atoms with Crippen molar-refractivity contribution in [2.75, 3.05) is 0 Å². The van der Waals surface area contributed by atoms with Crippen LogP contribution in [-0.2, 0) is 4.79 Å². The molecule has 0 bridgehead atoms. The first kappa shape index (κ1) is 14.8. The first-order valence-corrected chi connectivity index (χ1v) is 7.11. The molecular weight excluding hydrogens is 294 g/mol. The van der Waals surface area contributed by atoms with Gasteiger partial charge in [0.2, 0.25) is 0 Å². The van der Waals surface area contributed by atoms with Crippen molar-refractivity contribution in [3.05, 3.63) is 60.8 Å². The largest absolute Gasteiger partial charge is 0.480 e. The molecule has 0 aliphatic rings. The topological polar surface area (TPSA) is 77.2 Å². The highest BCUT2D eigenvalue weighted by atomic mass is 16.5. The number of aromatic nitrogens is 3. The lowest BCUT2D eigenvalue weighted by atomic mass is 10.1. The number of carbonyl (C=O) groups is 1. The quantitative estimate of drug-likeness (QED) is 0.781. The minimum Gasteiger partial charge on any atom is -0.480 e. The van der Waals surface area contributed by atoms with Crippen LogP contribution in [-0.4, -0.2) is 26.1 Å². The van der Waals surface area contributed by atoms with E-state index in [0.717, 1.165) is 11.3 Å². The molecule has 0 saturated carbocycles. The summed E-state index contributed by atoms with van der Waals surface area (Å²) in [6, 6.07) is 16.1. The molecule has 0 amide bonds. The number of para-hydroxylation sites is 1. The average molecular weight is 309 g/mol. The molecule has 0 aliphatic carbocycles. The van der Waals surface area contributed by atoms with E-state index in [2.05, 4.69) is 10.3 Å². The Balaban J connectivity index is 1.84. The van der Waals surface area contributed by atoms with Gasteiger partial charge in [-0.3, -0.25) is 0 Å². The lowest BCUT2D eigenvalue weighted by molar-refractivity contribution is -0.140. The molecule has 0 aliphatic heterocycles. The van der Waals surface area contributed by atoms with Crippen LogP contribution in [0.4, 0.5) is 0 Å². The van der Waals surface area contributed by atoms with Gasteiger partial charge in [-0.15, -0.1) is 5.10 Å². The van der Waals surface area contributed by atoms with Crippen LogP contribution in [0.1, 0.15) is 13.0 Å². The summed E-state index contributed by atoms with van der Waals surface area (Å²) in [5.74, 6) is 0.463. The number of hydrogen-bond acceptors (Lipinski definition) is 4. The van der Waals surface area contributed by atoms with Crippen LogP contribution in [0.5, 0.6) is 11.5 Å². The first-order valence-electron chi connectivity index (χ1n) is 7.11. The van der Waals surface area contributed by atoms with Gasteiger partial charge in [0, 0.05) is 5.56 Å². The zero-order valence-corrected chi connectivity index (χ0v) is 12.5. The molecule has 0 fully saturated rings. The van der Waals surface area contributed by atoms with Crippen LogP contribution in [0, 0.1) is 0 Å². The smallest absolute Gasteiger partial charge is 0.328 e. The molecule has 3 rings (SSSR count). The van der Waals surface area contributed by atoms with Gasteiger partial charge in [0.15, 0.2) is 0 Å². The van der Waals surface area contributed by atoms with Crippen LogP contribution in [0.2, 0.25) is 0 Å². The molecular formula is C17H15N3O3. The predicted molar refractivity (Wildman–Crippen MR) is 84.3 cm³/mol. The zero-order valence-electron chi connectivity index (χ0n) is 12.5. The highest BCUT2D eigenvalue weighted by molar-refractivity contribution is 5.71. The lowest BCUT2D eigenvalue weighted by Crippen LogP contribution is -2.15. The number of rotatable bonds is 5. The molecule has 0 saturated heterocycles. The van der Waals surface area contributed by atoms with Gasteiger partial charge in [-0.05, 0) is 31.2 Å². The Bertz CT molecular complexity index is 815. The third-order valence-corrected chi connectivity index (χ3v) is 3.37. The Kier molecular flexibility index (Phi) is 4.05. The van der Waals surface area contributed by atoms with E-state index >= 15 is 0 Å². The summed E-state index contributed by atoms with van der Waals surface area (Å²) in [5.41, 5.74) is 1.40. The molecule has 1 N–H and O–H groups in total. The molecule has 1 heterocycles. The third-order valence-electron chi connectivity index (χ3n) is 3.37. The van der Waals surface area contributed by atoms with Gasteiger partial charge in [-0.1, -0.05) is 35.5 Å². The Morgan fingerprint density at radius 3 is 2.61 bits per heavy atom. The van der Waals surface area contributed by atoms with Crippen molar-refractivity contribution in [1.82, 2.24) is 15.0 Å². The molecule has 1 aromatic heterocycles. The van der Waals surface area contributed by atoms with Crippen LogP contribution in [0.3, 0.4) is 0 Å². The van der Waals surface area contributed by atoms with Gasteiger partial charge in [0.1, 0.15) is 23.2 Å². The number of aliphatic carboxylic acids is 1. The summed E-state index contributed by atoms with van der Waals surface area (Å²) in [5, 5.41) is 16.9. The minimum absolute atomic E-state index is 0.594. The highest BCUT2D eigenvalue weighted by Gasteiger charge is 2.15. The number of carboxylic acids is 1. The van der Waals surface area contributed by atoms with E-state index in [1.165, 1.54) is 4.68 Å². The number of carboxylic acid groups (broad SMARTS) is 1. The highest BCUT2D eigenvalue weighted by Crippen LogP contribution is 2.26. The van der Waals surface area contributed by atoms with E-state index in [1.807, 2.05) is 54.6 Å². The maximum Gasteiger partial charge on any atom is 0.328 e. The molecule has 1 atom stereocenters. The van der Waals surface area contributed by atoms with Crippen LogP contribution in [0.25, 0.3) is 11.3 Å². The second-order valence-corrected chi connectivity index (χ2v) is 5.04. The van der Waals surface area contributed by atoms with Crippen molar-refractivity contribution >= 4 is 5.97 Å². The fourth-order valence-corrected chi connectivity index (χ4v) is 2.05. The SMILES string of the molecule is C[C@H](C(=O)O)n1cc(-c2cccc(Oc3ccccc3)c2)nn1. The molecule has 23 heavy (non-hydrogen) atoms. The molecule has 2 aromatic carbocycles. The summed E-state index contributed by atoms with van der Waals surface area (Å²) in [7, 11) is 0. The van der Waals surface area contributed by atoms with Gasteiger partial charge in [-0.2, -0.15) is 0 Å². The van der Waals surface area contributed by atoms with Gasteiger partial charge in [-0.25, -0.2) is 9.48 Å². The summed E-state index contributed by atoms with van der Waals surface area (Å²) in [6.07, 6.45) is 1.61. The van der Waals surface area contributed by atoms with E-state index in [0.29, 0.717) is 11.4 Å². The minimum atomic E-state index is -0.956. The van der Waals surface area contributed by atoms with Crippen molar-refractivity contribution in [3.8, 4) is 22.8 Å². The third kappa shape index (κ3) is 3.37. The normalized spacial score (nSPS) is 11.9. The van der Waals surface area contributed by atoms with E-state index < -0.39 is 12.0 Å². The average Bonchev–Trinajstić information content (AvgIpc) is 3.05. The Hall–Kier alpha value is -3.15. The fourth-order valence-electron chi connectivity index (χ4n) is 2.05. The predicted octanol–water partition coefficient (Wildman–Crippen LogP) is 3.38. The summed E-state index contributed by atoms with van der Waals surface area (Å²) < 4.78 is 7.11. The van der Waals surface area contributed by atoms with Gasteiger partial charge in [0.25, 0.3) is 0 Å². The Labute approximate surface area is 133 Å². The second kappa shape index (κ2) is 6.31. The number of nitrogens with zero attached hydrogens (tertiary/aromatic N) is 3. The number of hydrogen-bond donors (Lipinski definition) is 1. The Morgan fingerprint density at radius 1 is 1.13 bits per heavy atom. The van der Waals surface area contributed by atoms with Gasteiger partial charge in [0.05, 0.1) is 6.20 Å². The van der Waals surface area contributed by atoms with Gasteiger partial charge < -0.3 is 9.84 Å². The second-order valence-electron chi connectivity index (χ2n) is 5.04. The maximum atomic E-state index is 11.0. The van der Waals surface area contributed by atoms with Gasteiger partial charge >= 0.3 is 5.97 Å². The van der Waals surface area contributed by atoms with E-state index in [-0.39, 0.29) is 0 Å². The molecule has 0 spiro atoms. The summed E-state index contributed by atoms with van der Waals surface area (Å²) >= 11 is 0. The van der Waals surface area contributed by atoms with E-state index in [1.54, 1.807) is 13.1 Å². The molecule has 6 nitrogen and oxygen atoms in total. The number of ether oxygens (including phenoxy) is 1. The number of benzene rings is 2. The van der Waals surface area contributed by atoms with Crippen molar-refractivity contribution in [2.45, 2.75) is 13.0 Å². The van der Waals surface area contributed by atoms with Crippen molar-refractivity contribution in [1.29, 1.82) is 0 Å². The summed E-state index contributed by atoms with van der Waals surface area (Å²) in [6.45, 7) is 1.55. The molecule has 3 aromatic rings. The van der Waals surface area contributed by atoms with Crippen molar-refractivity contribution in [2.24, 2.45) is 0 Å². The Morgan fingerprint density at radius 2 is 1.87 bits per heavy atom.